The van der Waals surface area contributed by atoms with Gasteiger partial charge >= 0.3 is 0 Å². The fourth-order valence-corrected chi connectivity index (χ4v) is 1.91. The second-order valence-electron chi connectivity index (χ2n) is 3.47. The third-order valence-electron chi connectivity index (χ3n) is 2.40. The first-order chi connectivity index (χ1) is 7.59. The Morgan fingerprint density at radius 2 is 1.94 bits per heavy atom. The third-order valence-corrected chi connectivity index (χ3v) is 2.97. The number of benzene rings is 1. The maximum Gasteiger partial charge on any atom is 0.185 e. The van der Waals surface area contributed by atoms with Crippen molar-refractivity contribution in [3.05, 3.63) is 56.3 Å². The van der Waals surface area contributed by atoms with E-state index in [0.717, 1.165) is 5.56 Å². The second kappa shape index (κ2) is 4.32. The molecule has 0 fully saturated rings. The van der Waals surface area contributed by atoms with Gasteiger partial charge in [0.2, 0.25) is 0 Å². The summed E-state index contributed by atoms with van der Waals surface area (Å²) in [4.78, 5) is 14.5. The first-order valence-corrected chi connectivity index (χ1v) is 5.49. The molecular weight excluding hydrogens is 245 g/mol. The fourth-order valence-electron chi connectivity index (χ4n) is 1.53. The number of nitrogens with one attached hydrogen (secondary N) is 1. The molecule has 0 spiro atoms. The van der Waals surface area contributed by atoms with Crippen LogP contribution in [0.3, 0.4) is 0 Å². The zero-order valence-corrected chi connectivity index (χ0v) is 10.1. The van der Waals surface area contributed by atoms with Crippen molar-refractivity contribution in [3.8, 4) is 11.3 Å². The predicted octanol–water partition coefficient (Wildman–Crippen LogP) is 3.66. The van der Waals surface area contributed by atoms with E-state index in [4.69, 9.17) is 23.2 Å². The quantitative estimate of drug-likeness (QED) is 0.827. The lowest BCUT2D eigenvalue weighted by atomic mass is 10.1. The number of H-pyrrole nitrogens is 1. The molecule has 0 saturated carbocycles. The minimum atomic E-state index is -0.0233. The fraction of sp³-hybridized carbons (Fsp3) is 0.0833. The molecule has 2 nitrogen and oxygen atoms in total. The van der Waals surface area contributed by atoms with Crippen molar-refractivity contribution >= 4 is 23.2 Å². The van der Waals surface area contributed by atoms with Gasteiger partial charge in [-0.3, -0.25) is 4.79 Å². The Hall–Kier alpha value is -1.25. The molecule has 2 rings (SSSR count). The molecule has 82 valence electrons. The van der Waals surface area contributed by atoms with Crippen molar-refractivity contribution in [1.82, 2.24) is 4.98 Å². The Morgan fingerprint density at radius 1 is 1.19 bits per heavy atom. The number of halogens is 2. The number of rotatable bonds is 1. The van der Waals surface area contributed by atoms with Crippen molar-refractivity contribution in [2.75, 3.05) is 0 Å². The molecule has 0 atom stereocenters. The number of aromatic amines is 1. The Labute approximate surface area is 103 Å². The van der Waals surface area contributed by atoms with Crippen LogP contribution in [0.25, 0.3) is 11.3 Å². The van der Waals surface area contributed by atoms with Gasteiger partial charge in [-0.25, -0.2) is 0 Å². The molecule has 0 radical (unpaired) electrons. The lowest BCUT2D eigenvalue weighted by Crippen LogP contribution is -2.06. The highest BCUT2D eigenvalue weighted by molar-refractivity contribution is 6.35. The molecule has 1 N–H and O–H groups in total. The van der Waals surface area contributed by atoms with Gasteiger partial charge in [0.1, 0.15) is 0 Å². The minimum Gasteiger partial charge on any atom is -0.361 e. The van der Waals surface area contributed by atoms with Crippen LogP contribution in [0.4, 0.5) is 0 Å². The molecule has 0 aliphatic heterocycles. The maximum absolute atomic E-state index is 11.5. The van der Waals surface area contributed by atoms with E-state index >= 15 is 0 Å². The lowest BCUT2D eigenvalue weighted by Gasteiger charge is -2.07. The number of hydrogen-bond acceptors (Lipinski definition) is 1. The summed E-state index contributed by atoms with van der Waals surface area (Å²) in [5, 5.41) is 1.15. The topological polar surface area (TPSA) is 32.9 Å². The van der Waals surface area contributed by atoms with Crippen LogP contribution in [0.15, 0.2) is 35.3 Å². The van der Waals surface area contributed by atoms with Crippen LogP contribution in [0.2, 0.25) is 10.0 Å². The van der Waals surface area contributed by atoms with E-state index in [0.29, 0.717) is 21.3 Å². The Morgan fingerprint density at radius 3 is 2.69 bits per heavy atom. The largest absolute Gasteiger partial charge is 0.361 e. The maximum atomic E-state index is 11.5. The van der Waals surface area contributed by atoms with Crippen LogP contribution in [0.1, 0.15) is 5.56 Å². The molecule has 16 heavy (non-hydrogen) atoms. The molecule has 0 unspecified atom stereocenters. The van der Waals surface area contributed by atoms with E-state index in [1.54, 1.807) is 31.3 Å². The zero-order valence-electron chi connectivity index (χ0n) is 8.55. The summed E-state index contributed by atoms with van der Waals surface area (Å²) >= 11 is 12.0. The van der Waals surface area contributed by atoms with Gasteiger partial charge in [0, 0.05) is 33.4 Å². The number of pyridine rings is 1. The summed E-state index contributed by atoms with van der Waals surface area (Å²) in [6.45, 7) is 1.76. The molecule has 2 aromatic rings. The highest BCUT2D eigenvalue weighted by Gasteiger charge is 2.09. The van der Waals surface area contributed by atoms with Gasteiger partial charge in [0.05, 0.1) is 5.69 Å². The summed E-state index contributed by atoms with van der Waals surface area (Å²) in [6, 6.07) is 6.65. The normalized spacial score (nSPS) is 10.4. The monoisotopic (exact) mass is 253 g/mol. The van der Waals surface area contributed by atoms with Crippen LogP contribution in [0, 0.1) is 6.92 Å². The Kier molecular flexibility index (Phi) is 3.03. The molecule has 1 heterocycles. The highest BCUT2D eigenvalue weighted by atomic mass is 35.5. The highest BCUT2D eigenvalue weighted by Crippen LogP contribution is 2.29. The average molecular weight is 254 g/mol. The van der Waals surface area contributed by atoms with Gasteiger partial charge in [0.15, 0.2) is 5.43 Å². The SMILES string of the molecule is Cc1c(-c2cc(Cl)ccc2Cl)[nH]ccc1=O. The smallest absolute Gasteiger partial charge is 0.185 e. The first kappa shape index (κ1) is 11.2. The molecule has 0 amide bonds. The molecule has 0 bridgehead atoms. The standard InChI is InChI=1S/C12H9Cl2NO/c1-7-11(16)4-5-15-12(7)9-6-8(13)2-3-10(9)14/h2-6H,1H3,(H,15,16). The minimum absolute atomic E-state index is 0.0233. The Bertz CT molecular complexity index is 590. The van der Waals surface area contributed by atoms with E-state index in [9.17, 15) is 4.79 Å². The number of hydrogen-bond donors (Lipinski definition) is 1. The summed E-state index contributed by atoms with van der Waals surface area (Å²) in [6.07, 6.45) is 1.60. The van der Waals surface area contributed by atoms with Crippen molar-refractivity contribution < 1.29 is 0 Å². The summed E-state index contributed by atoms with van der Waals surface area (Å²) in [5.41, 5.74) is 2.06. The van der Waals surface area contributed by atoms with E-state index in [-0.39, 0.29) is 5.43 Å². The summed E-state index contributed by atoms with van der Waals surface area (Å²) in [7, 11) is 0. The number of aromatic nitrogens is 1. The van der Waals surface area contributed by atoms with Gasteiger partial charge in [-0.1, -0.05) is 23.2 Å². The van der Waals surface area contributed by atoms with E-state index < -0.39 is 0 Å². The molecule has 1 aromatic heterocycles. The van der Waals surface area contributed by atoms with Gasteiger partial charge in [0.25, 0.3) is 0 Å². The summed E-state index contributed by atoms with van der Waals surface area (Å²) in [5.74, 6) is 0. The Balaban J connectivity index is 2.72. The van der Waals surface area contributed by atoms with Crippen LogP contribution in [-0.4, -0.2) is 4.98 Å². The van der Waals surface area contributed by atoms with Crippen LogP contribution >= 0.6 is 23.2 Å². The van der Waals surface area contributed by atoms with Gasteiger partial charge in [-0.05, 0) is 25.1 Å². The van der Waals surface area contributed by atoms with Crippen molar-refractivity contribution in [2.24, 2.45) is 0 Å². The van der Waals surface area contributed by atoms with E-state index in [1.807, 2.05) is 0 Å². The molecule has 0 aliphatic carbocycles. The summed E-state index contributed by atoms with van der Waals surface area (Å²) < 4.78 is 0. The van der Waals surface area contributed by atoms with Crippen LogP contribution in [0.5, 0.6) is 0 Å². The average Bonchev–Trinajstić information content (AvgIpc) is 2.26. The van der Waals surface area contributed by atoms with Gasteiger partial charge in [-0.2, -0.15) is 0 Å². The van der Waals surface area contributed by atoms with Crippen molar-refractivity contribution in [1.29, 1.82) is 0 Å². The van der Waals surface area contributed by atoms with Gasteiger partial charge < -0.3 is 4.98 Å². The van der Waals surface area contributed by atoms with Gasteiger partial charge in [-0.15, -0.1) is 0 Å². The molecule has 0 aliphatic rings. The van der Waals surface area contributed by atoms with Crippen molar-refractivity contribution in [2.45, 2.75) is 6.92 Å². The van der Waals surface area contributed by atoms with E-state index in [1.165, 1.54) is 6.07 Å². The molecular formula is C12H9Cl2NO. The lowest BCUT2D eigenvalue weighted by molar-refractivity contribution is 1.24. The first-order valence-electron chi connectivity index (χ1n) is 4.73. The third kappa shape index (κ3) is 1.99. The van der Waals surface area contributed by atoms with Crippen molar-refractivity contribution in [3.63, 3.8) is 0 Å². The second-order valence-corrected chi connectivity index (χ2v) is 4.31. The molecule has 4 heteroatoms. The predicted molar refractivity (Wildman–Crippen MR) is 67.3 cm³/mol. The molecule has 1 aromatic carbocycles. The van der Waals surface area contributed by atoms with Crippen LogP contribution < -0.4 is 5.43 Å². The zero-order chi connectivity index (χ0) is 11.7. The van der Waals surface area contributed by atoms with E-state index in [2.05, 4.69) is 4.98 Å². The van der Waals surface area contributed by atoms with Crippen LogP contribution in [-0.2, 0) is 0 Å². The molecule has 0 saturated heterocycles.